The molecule has 0 aliphatic rings. The van der Waals surface area contributed by atoms with Gasteiger partial charge in [-0.3, -0.25) is 24.1 Å². The number of aromatic nitrogens is 8. The summed E-state index contributed by atoms with van der Waals surface area (Å²) in [7, 11) is 3.66. The van der Waals surface area contributed by atoms with E-state index in [1.807, 2.05) is 30.8 Å². The number of carboxylic acid groups (broad SMARTS) is 2. The van der Waals surface area contributed by atoms with Crippen molar-refractivity contribution >= 4 is 87.1 Å². The van der Waals surface area contributed by atoms with Gasteiger partial charge in [-0.2, -0.15) is 19.9 Å². The molecule has 0 spiro atoms. The predicted octanol–water partition coefficient (Wildman–Crippen LogP) is 2.19. The van der Waals surface area contributed by atoms with Crippen molar-refractivity contribution in [2.24, 2.45) is 0 Å². The maximum absolute atomic E-state index is 13.2. The number of nitrogen functional groups attached to an aromatic ring is 4. The monoisotopic (exact) mass is 1280 g/mol. The maximum Gasteiger partial charge on any atom is 0.326 e. The summed E-state index contributed by atoms with van der Waals surface area (Å²) in [6.45, 7) is 13.7. The number of allylic oxidation sites excluding steroid dienone is 2. The van der Waals surface area contributed by atoms with Crippen LogP contribution in [0.4, 0.5) is 29.2 Å². The molecule has 1 aromatic carbocycles. The van der Waals surface area contributed by atoms with Crippen LogP contribution >= 0.6 is 0 Å². The summed E-state index contributed by atoms with van der Waals surface area (Å²) >= 11 is 0. The van der Waals surface area contributed by atoms with Gasteiger partial charge in [-0.05, 0) is 89.9 Å². The molecule has 4 heterocycles. The summed E-state index contributed by atoms with van der Waals surface area (Å²) in [5.41, 5.74) is 26.8. The number of unbranched alkanes of at least 4 members (excludes halogenated alkanes) is 4. The molecule has 0 saturated carbocycles. The minimum atomic E-state index is -1.32. The van der Waals surface area contributed by atoms with E-state index < -0.39 is 35.8 Å². The third-order valence-corrected chi connectivity index (χ3v) is 14.0. The average Bonchev–Trinajstić information content (AvgIpc) is 0.884. The Bertz CT molecular complexity index is 3250. The molecule has 4 aromatic heterocycles. The van der Waals surface area contributed by atoms with Crippen molar-refractivity contribution in [2.75, 3.05) is 134 Å². The van der Waals surface area contributed by atoms with Crippen LogP contribution in [-0.2, 0) is 56.0 Å². The lowest BCUT2D eigenvalue weighted by molar-refractivity contribution is -0.141. The number of fused-ring (bicyclic) bond motifs is 2. The lowest BCUT2D eigenvalue weighted by Gasteiger charge is -2.22. The Morgan fingerprint density at radius 2 is 1.12 bits per heavy atom. The first kappa shape index (κ1) is 73.6. The number of carbonyl (C=O) groups excluding carboxylic acids is 4. The minimum Gasteiger partial charge on any atom is -0.480 e. The van der Waals surface area contributed by atoms with Gasteiger partial charge < -0.3 is 83.2 Å². The quantitative estimate of drug-likeness (QED) is 0.0152. The molecular weight excluding hydrogens is 1190 g/mol. The fourth-order valence-electron chi connectivity index (χ4n) is 9.14. The molecule has 500 valence electrons. The summed E-state index contributed by atoms with van der Waals surface area (Å²) in [5, 5.41) is 30.6. The van der Waals surface area contributed by atoms with Gasteiger partial charge in [-0.25, -0.2) is 29.5 Å². The number of ether oxygens (including phenoxy) is 4. The zero-order valence-corrected chi connectivity index (χ0v) is 52.7. The van der Waals surface area contributed by atoms with Gasteiger partial charge in [0.15, 0.2) is 34.0 Å². The van der Waals surface area contributed by atoms with E-state index in [-0.39, 0.29) is 83.5 Å². The number of carbonyl (C=O) groups is 6. The molecule has 0 unspecified atom stereocenters. The second kappa shape index (κ2) is 40.6. The van der Waals surface area contributed by atoms with E-state index in [2.05, 4.69) is 72.6 Å². The smallest absolute Gasteiger partial charge is 0.326 e. The first-order valence-corrected chi connectivity index (χ1v) is 30.6. The number of likely N-dealkylation sites (N-methyl/N-ethyl adjacent to an activating group) is 1. The predicted molar refractivity (Wildman–Crippen MR) is 346 cm³/mol. The van der Waals surface area contributed by atoms with Gasteiger partial charge >= 0.3 is 11.9 Å². The molecule has 0 saturated heterocycles. The molecule has 31 heteroatoms. The van der Waals surface area contributed by atoms with Crippen molar-refractivity contribution in [3.8, 4) is 0 Å². The van der Waals surface area contributed by atoms with E-state index in [1.54, 1.807) is 48.8 Å². The van der Waals surface area contributed by atoms with Crippen LogP contribution in [0.25, 0.3) is 22.3 Å². The van der Waals surface area contributed by atoms with E-state index >= 15 is 0 Å². The van der Waals surface area contributed by atoms with Crippen LogP contribution in [-0.4, -0.2) is 214 Å². The largest absolute Gasteiger partial charge is 0.480 e. The number of carboxylic acids is 2. The number of hydrogen-bond donors (Lipinski definition) is 10. The standard InChI is InChI=1S/C61H89N19O12/c1-5-14-41(15-13-26-78(3)39-43-37-68-54-50(70-43)52(62)74-60(64)76-54)56(83)72-46(58(85)86)20-22-48(81)66-24-9-7-11-27-80(29-30-90-33-34-92-36-35-91-32-31-89-6-2)28-12-8-10-25-67-49(82)23-21-47(59(87)88)73-57(84)42-16-18-45(19-17-42)79(4)40-44-38-69-55-51(71-44)53(63)75-61(65)77-55/h5,13-19,37-38,46-47H,1,6-12,20-36,39-40H2,2-4H3,(H,66,81)(H,67,82)(H,72,83)(H,73,84)(H,85,86)(H,87,88)(H4,62,64,68,74,76)(H4,63,65,69,75,77)/b15-13-,41-14+/t46-,47-/m0/s1. The van der Waals surface area contributed by atoms with Crippen LogP contribution in [0, 0.1) is 0 Å². The lowest BCUT2D eigenvalue weighted by atomic mass is 10.1. The third kappa shape index (κ3) is 27.1. The minimum absolute atomic E-state index is 0.00308. The highest BCUT2D eigenvalue weighted by Gasteiger charge is 2.24. The van der Waals surface area contributed by atoms with Crippen LogP contribution in [0.1, 0.15) is 92.9 Å². The van der Waals surface area contributed by atoms with Gasteiger partial charge in [0.05, 0.1) is 76.6 Å². The summed E-state index contributed by atoms with van der Waals surface area (Å²) in [6.07, 6.45) is 13.5. The number of nitrogens with one attached hydrogen (secondary N) is 4. The van der Waals surface area contributed by atoms with Gasteiger partial charge in [0.25, 0.3) is 11.8 Å². The normalized spacial score (nSPS) is 12.3. The highest BCUT2D eigenvalue weighted by atomic mass is 16.6. The molecule has 92 heavy (non-hydrogen) atoms. The number of benzene rings is 1. The van der Waals surface area contributed by atoms with E-state index in [0.29, 0.717) is 127 Å². The Labute approximate surface area is 534 Å². The SMILES string of the molecule is C=C/C=C(\C=C/CN(C)Cc1cnc2nc(N)nc(N)c2n1)C(=O)N[C@@H](CCC(=O)NCCCCCN(CCCCCNC(=O)CC[C@H](NC(=O)c1ccc(N(C)Cc2cnc3nc(N)nc(N)c3n2)cc1)C(=O)O)CCOCCOCCOCCOCC)C(=O)O. The number of rotatable bonds is 46. The lowest BCUT2D eigenvalue weighted by Crippen LogP contribution is -2.42. The second-order valence-electron chi connectivity index (χ2n) is 21.4. The zero-order chi connectivity index (χ0) is 66.6. The molecular formula is C61H89N19O12. The zero-order valence-electron chi connectivity index (χ0n) is 52.7. The van der Waals surface area contributed by atoms with Crippen LogP contribution in [0.3, 0.4) is 0 Å². The number of nitrogens with zero attached hydrogens (tertiary/aromatic N) is 11. The molecule has 31 nitrogen and oxygen atoms in total. The Kier molecular flexibility index (Phi) is 32.5. The fourth-order valence-corrected chi connectivity index (χ4v) is 9.14. The number of anilines is 5. The molecule has 0 radical (unpaired) electrons. The Balaban J connectivity index is 0.978. The number of amides is 4. The van der Waals surface area contributed by atoms with Crippen LogP contribution in [0.5, 0.6) is 0 Å². The van der Waals surface area contributed by atoms with E-state index in [4.69, 9.17) is 41.9 Å². The highest BCUT2D eigenvalue weighted by molar-refractivity contribution is 5.99. The molecule has 0 fully saturated rings. The fraction of sp³-hybridized carbons (Fsp3) is 0.508. The first-order valence-electron chi connectivity index (χ1n) is 30.6. The van der Waals surface area contributed by atoms with Gasteiger partial charge in [-0.1, -0.05) is 43.7 Å². The number of nitrogens with two attached hydrogens (primary N) is 4. The molecule has 5 aromatic rings. The van der Waals surface area contributed by atoms with E-state index in [0.717, 1.165) is 44.5 Å². The summed E-state index contributed by atoms with van der Waals surface area (Å²) in [4.78, 5) is 116. The van der Waals surface area contributed by atoms with Crippen molar-refractivity contribution < 1.29 is 57.9 Å². The van der Waals surface area contributed by atoms with Crippen molar-refractivity contribution in [1.29, 1.82) is 0 Å². The first-order chi connectivity index (χ1) is 44.3. The maximum atomic E-state index is 13.2. The van der Waals surface area contributed by atoms with E-state index in [9.17, 15) is 39.0 Å². The molecule has 5 rings (SSSR count). The van der Waals surface area contributed by atoms with Crippen LogP contribution < -0.4 is 49.1 Å². The molecule has 0 aliphatic heterocycles. The third-order valence-electron chi connectivity index (χ3n) is 14.0. The van der Waals surface area contributed by atoms with Gasteiger partial charge in [0.2, 0.25) is 23.7 Å². The molecule has 0 aliphatic carbocycles. The summed E-state index contributed by atoms with van der Waals surface area (Å²) in [5.74, 6) is -4.21. The Morgan fingerprint density at radius 3 is 1.63 bits per heavy atom. The molecule has 4 amide bonds. The van der Waals surface area contributed by atoms with Crippen molar-refractivity contribution in [3.05, 3.63) is 90.1 Å². The van der Waals surface area contributed by atoms with Gasteiger partial charge in [0.1, 0.15) is 12.1 Å². The van der Waals surface area contributed by atoms with Crippen molar-refractivity contribution in [2.45, 2.75) is 96.3 Å². The summed E-state index contributed by atoms with van der Waals surface area (Å²) in [6, 6.07) is 3.97. The van der Waals surface area contributed by atoms with Crippen LogP contribution in [0.15, 0.2) is 73.1 Å². The second-order valence-corrected chi connectivity index (χ2v) is 21.4. The molecule has 2 atom stereocenters. The highest BCUT2D eigenvalue weighted by Crippen LogP contribution is 2.20. The Morgan fingerprint density at radius 1 is 0.620 bits per heavy atom. The van der Waals surface area contributed by atoms with E-state index in [1.165, 1.54) is 12.2 Å². The van der Waals surface area contributed by atoms with Crippen LogP contribution in [0.2, 0.25) is 0 Å². The van der Waals surface area contributed by atoms with Crippen molar-refractivity contribution in [3.63, 3.8) is 0 Å². The summed E-state index contributed by atoms with van der Waals surface area (Å²) < 4.78 is 22.3. The number of aliphatic carboxylic acids is 2. The van der Waals surface area contributed by atoms with Crippen molar-refractivity contribution in [1.82, 2.24) is 70.9 Å². The Hall–Kier alpha value is -9.14. The molecule has 0 bridgehead atoms. The topological polar surface area (TPSA) is 445 Å². The van der Waals surface area contributed by atoms with Gasteiger partial charge in [-0.15, -0.1) is 0 Å². The molecule has 14 N–H and O–H groups in total. The number of hydrogen-bond acceptors (Lipinski definition) is 25. The van der Waals surface area contributed by atoms with Gasteiger partial charge in [0, 0.05) is 76.0 Å². The average molecular weight is 1280 g/mol.